The van der Waals surface area contributed by atoms with Crippen molar-refractivity contribution >= 4 is 17.5 Å². The molecule has 148 valence electrons. The van der Waals surface area contributed by atoms with Crippen LogP contribution in [0.4, 0.5) is 5.69 Å². The van der Waals surface area contributed by atoms with E-state index in [0.717, 1.165) is 11.4 Å². The second-order valence-electron chi connectivity index (χ2n) is 6.99. The van der Waals surface area contributed by atoms with Crippen LogP contribution in [0.15, 0.2) is 42.5 Å². The van der Waals surface area contributed by atoms with Gasteiger partial charge in [0.15, 0.2) is 0 Å². The van der Waals surface area contributed by atoms with Crippen molar-refractivity contribution in [3.8, 4) is 5.75 Å². The number of piperazine rings is 1. The summed E-state index contributed by atoms with van der Waals surface area (Å²) in [6.45, 7) is 6.35. The quantitative estimate of drug-likeness (QED) is 0.858. The molecule has 1 aliphatic heterocycles. The number of carbonyl (C=O) groups excluding carboxylic acids is 2. The minimum atomic E-state index is -0.273. The maximum atomic E-state index is 12.9. The molecule has 0 bridgehead atoms. The van der Waals surface area contributed by atoms with E-state index in [4.69, 9.17) is 4.74 Å². The summed E-state index contributed by atoms with van der Waals surface area (Å²) >= 11 is 0. The number of aromatic nitrogens is 1. The zero-order chi connectivity index (χ0) is 20.1. The maximum Gasteiger partial charge on any atom is 0.272 e. The molecule has 7 nitrogen and oxygen atoms in total. The highest BCUT2D eigenvalue weighted by molar-refractivity contribution is 5.96. The predicted octanol–water partition coefficient (Wildman–Crippen LogP) is 2.19. The van der Waals surface area contributed by atoms with Crippen molar-refractivity contribution in [2.75, 3.05) is 38.2 Å². The lowest BCUT2D eigenvalue weighted by Crippen LogP contribution is -2.49. The standard InChI is InChI=1S/C21H26N4O3/c1-15(2)22-20(26)16-7-6-8-17(23-16)21(27)25-13-11-24(12-14-25)18-9-4-5-10-19(18)28-3/h4-10,15H,11-14H2,1-3H3,(H,22,26). The SMILES string of the molecule is COc1ccccc1N1CCN(C(=O)c2cccc(C(=O)NC(C)C)n2)CC1. The van der Waals surface area contributed by atoms with E-state index in [1.54, 1.807) is 30.2 Å². The first kappa shape index (κ1) is 19.7. The number of rotatable bonds is 5. The normalized spacial score (nSPS) is 14.1. The molecule has 0 unspecified atom stereocenters. The minimum Gasteiger partial charge on any atom is -0.495 e. The van der Waals surface area contributed by atoms with Gasteiger partial charge in [0.25, 0.3) is 11.8 Å². The molecule has 0 radical (unpaired) electrons. The molecule has 3 rings (SSSR count). The number of nitrogens with zero attached hydrogens (tertiary/aromatic N) is 3. The Morgan fingerprint density at radius 3 is 2.36 bits per heavy atom. The van der Waals surface area contributed by atoms with Crippen LogP contribution in [0.3, 0.4) is 0 Å². The Labute approximate surface area is 165 Å². The molecule has 1 aliphatic rings. The van der Waals surface area contributed by atoms with Crippen LogP contribution in [0.1, 0.15) is 34.8 Å². The fourth-order valence-electron chi connectivity index (χ4n) is 3.22. The van der Waals surface area contributed by atoms with E-state index in [0.29, 0.717) is 31.9 Å². The van der Waals surface area contributed by atoms with Crippen LogP contribution in [0.2, 0.25) is 0 Å². The lowest BCUT2D eigenvalue weighted by Gasteiger charge is -2.36. The van der Waals surface area contributed by atoms with Gasteiger partial charge < -0.3 is 19.9 Å². The number of benzene rings is 1. The first-order valence-corrected chi connectivity index (χ1v) is 9.44. The van der Waals surface area contributed by atoms with E-state index >= 15 is 0 Å². The molecule has 2 aromatic rings. The summed E-state index contributed by atoms with van der Waals surface area (Å²) in [5.74, 6) is 0.400. The number of hydrogen-bond acceptors (Lipinski definition) is 5. The number of para-hydroxylation sites is 2. The number of methoxy groups -OCH3 is 1. The van der Waals surface area contributed by atoms with Crippen molar-refractivity contribution in [1.29, 1.82) is 0 Å². The highest BCUT2D eigenvalue weighted by Gasteiger charge is 2.25. The fourth-order valence-corrected chi connectivity index (χ4v) is 3.22. The first-order valence-electron chi connectivity index (χ1n) is 9.44. The molecule has 1 N–H and O–H groups in total. The highest BCUT2D eigenvalue weighted by atomic mass is 16.5. The summed E-state index contributed by atoms with van der Waals surface area (Å²) < 4.78 is 5.44. The van der Waals surface area contributed by atoms with Gasteiger partial charge in [-0.25, -0.2) is 4.98 Å². The zero-order valence-electron chi connectivity index (χ0n) is 16.5. The predicted molar refractivity (Wildman–Crippen MR) is 108 cm³/mol. The number of nitrogens with one attached hydrogen (secondary N) is 1. The molecule has 1 fully saturated rings. The number of hydrogen-bond donors (Lipinski definition) is 1. The molecular weight excluding hydrogens is 356 g/mol. The van der Waals surface area contributed by atoms with Crippen LogP contribution in [0.25, 0.3) is 0 Å². The first-order chi connectivity index (χ1) is 13.5. The summed E-state index contributed by atoms with van der Waals surface area (Å²) in [6.07, 6.45) is 0. The van der Waals surface area contributed by atoms with E-state index in [9.17, 15) is 9.59 Å². The molecular formula is C21H26N4O3. The molecule has 0 saturated carbocycles. The van der Waals surface area contributed by atoms with Crippen molar-refractivity contribution in [3.63, 3.8) is 0 Å². The summed E-state index contributed by atoms with van der Waals surface area (Å²) in [4.78, 5) is 33.3. The molecule has 7 heteroatoms. The Morgan fingerprint density at radius 1 is 1.00 bits per heavy atom. The molecule has 2 heterocycles. The average Bonchev–Trinajstić information content (AvgIpc) is 2.73. The van der Waals surface area contributed by atoms with Crippen molar-refractivity contribution in [3.05, 3.63) is 53.9 Å². The van der Waals surface area contributed by atoms with Gasteiger partial charge in [0, 0.05) is 32.2 Å². The van der Waals surface area contributed by atoms with E-state index in [1.807, 2.05) is 38.1 Å². The zero-order valence-corrected chi connectivity index (χ0v) is 16.5. The maximum absolute atomic E-state index is 12.9. The number of amides is 2. The second kappa shape index (κ2) is 8.73. The Hall–Kier alpha value is -3.09. The van der Waals surface area contributed by atoms with Crippen LogP contribution in [0.5, 0.6) is 5.75 Å². The highest BCUT2D eigenvalue weighted by Crippen LogP contribution is 2.28. The molecule has 2 amide bonds. The van der Waals surface area contributed by atoms with Crippen LogP contribution < -0.4 is 15.0 Å². The van der Waals surface area contributed by atoms with Crippen LogP contribution in [0, 0.1) is 0 Å². The number of pyridine rings is 1. The van der Waals surface area contributed by atoms with Gasteiger partial charge in [-0.1, -0.05) is 18.2 Å². The Morgan fingerprint density at radius 2 is 1.68 bits per heavy atom. The summed E-state index contributed by atoms with van der Waals surface area (Å²) in [5, 5.41) is 2.79. The Balaban J connectivity index is 1.66. The van der Waals surface area contributed by atoms with Crippen molar-refractivity contribution in [2.24, 2.45) is 0 Å². The molecule has 28 heavy (non-hydrogen) atoms. The molecule has 0 aliphatic carbocycles. The molecule has 0 spiro atoms. The van der Waals surface area contributed by atoms with Gasteiger partial charge in [0.1, 0.15) is 17.1 Å². The van der Waals surface area contributed by atoms with E-state index in [1.165, 1.54) is 0 Å². The lowest BCUT2D eigenvalue weighted by atomic mass is 10.2. The fraction of sp³-hybridized carbons (Fsp3) is 0.381. The van der Waals surface area contributed by atoms with Gasteiger partial charge in [0.2, 0.25) is 0 Å². The lowest BCUT2D eigenvalue weighted by molar-refractivity contribution is 0.0740. The number of ether oxygens (including phenoxy) is 1. The topological polar surface area (TPSA) is 74.8 Å². The van der Waals surface area contributed by atoms with E-state index in [-0.39, 0.29) is 23.6 Å². The third kappa shape index (κ3) is 4.42. The summed E-state index contributed by atoms with van der Waals surface area (Å²) in [7, 11) is 1.66. The minimum absolute atomic E-state index is 0.0108. The molecule has 1 aromatic carbocycles. The Bertz CT molecular complexity index is 845. The van der Waals surface area contributed by atoms with Crippen molar-refractivity contribution < 1.29 is 14.3 Å². The summed E-state index contributed by atoms with van der Waals surface area (Å²) in [6, 6.07) is 12.9. The van der Waals surface area contributed by atoms with Gasteiger partial charge in [-0.05, 0) is 38.1 Å². The number of anilines is 1. The Kier molecular flexibility index (Phi) is 6.13. The van der Waals surface area contributed by atoms with Gasteiger partial charge in [0.05, 0.1) is 12.8 Å². The van der Waals surface area contributed by atoms with Crippen molar-refractivity contribution in [1.82, 2.24) is 15.2 Å². The van der Waals surface area contributed by atoms with Gasteiger partial charge in [-0.3, -0.25) is 9.59 Å². The van der Waals surface area contributed by atoms with E-state index in [2.05, 4.69) is 15.2 Å². The van der Waals surface area contributed by atoms with Crippen LogP contribution >= 0.6 is 0 Å². The number of carbonyl (C=O) groups is 2. The monoisotopic (exact) mass is 382 g/mol. The molecule has 1 aromatic heterocycles. The second-order valence-corrected chi connectivity index (χ2v) is 6.99. The summed E-state index contributed by atoms with van der Waals surface area (Å²) in [5.41, 5.74) is 1.58. The molecule has 0 atom stereocenters. The van der Waals surface area contributed by atoms with Gasteiger partial charge in [-0.15, -0.1) is 0 Å². The third-order valence-electron chi connectivity index (χ3n) is 4.61. The van der Waals surface area contributed by atoms with Crippen LogP contribution in [-0.2, 0) is 0 Å². The molecule has 1 saturated heterocycles. The van der Waals surface area contributed by atoms with Gasteiger partial charge in [-0.2, -0.15) is 0 Å². The third-order valence-corrected chi connectivity index (χ3v) is 4.61. The van der Waals surface area contributed by atoms with Crippen LogP contribution in [-0.4, -0.2) is 61.0 Å². The van der Waals surface area contributed by atoms with Crippen molar-refractivity contribution in [2.45, 2.75) is 19.9 Å². The van der Waals surface area contributed by atoms with Gasteiger partial charge >= 0.3 is 0 Å². The van der Waals surface area contributed by atoms with E-state index < -0.39 is 0 Å². The smallest absolute Gasteiger partial charge is 0.272 e. The average molecular weight is 382 g/mol. The largest absolute Gasteiger partial charge is 0.495 e.